The van der Waals surface area contributed by atoms with Crippen molar-refractivity contribution in [2.45, 2.75) is 70.5 Å². The van der Waals surface area contributed by atoms with Crippen LogP contribution < -0.4 is 0 Å². The third-order valence-corrected chi connectivity index (χ3v) is 8.60. The van der Waals surface area contributed by atoms with Gasteiger partial charge in [0.25, 0.3) is 0 Å². The number of rotatable bonds is 1. The summed E-state index contributed by atoms with van der Waals surface area (Å²) in [5.41, 5.74) is -3.55. The quantitative estimate of drug-likeness (QED) is 0.632. The smallest absolute Gasteiger partial charge is 0.309 e. The molecule has 25 heavy (non-hydrogen) atoms. The molecule has 0 aromatic carbocycles. The van der Waals surface area contributed by atoms with Crippen LogP contribution in [0.1, 0.15) is 58.8 Å². The first-order valence-electron chi connectivity index (χ1n) is 9.41. The van der Waals surface area contributed by atoms with Gasteiger partial charge in [-0.15, -0.1) is 0 Å². The number of hydrogen-bond donors (Lipinski definition) is 3. The molecule has 4 aliphatic rings. The lowest BCUT2D eigenvalue weighted by molar-refractivity contribution is -0.280. The Balaban J connectivity index is 1.91. The second-order valence-corrected chi connectivity index (χ2v) is 9.48. The first kappa shape index (κ1) is 17.2. The number of allylic oxidation sites excluding steroid dienone is 1. The van der Waals surface area contributed by atoms with E-state index in [0.717, 1.165) is 0 Å². The van der Waals surface area contributed by atoms with Gasteiger partial charge in [0.2, 0.25) is 0 Å². The highest BCUT2D eigenvalue weighted by molar-refractivity contribution is 6.04. The largest absolute Gasteiger partial charge is 0.481 e. The molecule has 0 aliphatic heterocycles. The first-order chi connectivity index (χ1) is 11.5. The van der Waals surface area contributed by atoms with Crippen molar-refractivity contribution < 1.29 is 24.9 Å². The number of carbonyl (C=O) groups excluding carboxylic acids is 1. The monoisotopic (exact) mass is 348 g/mol. The van der Waals surface area contributed by atoms with Crippen molar-refractivity contribution >= 4 is 11.8 Å². The fourth-order valence-electron chi connectivity index (χ4n) is 7.43. The number of carboxylic acids is 1. The Bertz CT molecular complexity index is 686. The molecule has 4 saturated carbocycles. The molecule has 4 rings (SSSR count). The lowest BCUT2D eigenvalue weighted by Crippen LogP contribution is -2.73. The molecule has 5 nitrogen and oxygen atoms in total. The molecule has 4 aliphatic carbocycles. The van der Waals surface area contributed by atoms with Crippen LogP contribution in [-0.4, -0.2) is 38.8 Å². The fraction of sp³-hybridized carbons (Fsp3) is 0.800. The van der Waals surface area contributed by atoms with Crippen LogP contribution in [0, 0.1) is 28.1 Å². The predicted octanol–water partition coefficient (Wildman–Crippen LogP) is 2.30. The number of ketones is 1. The van der Waals surface area contributed by atoms with Gasteiger partial charge in [-0.2, -0.15) is 0 Å². The molecule has 0 unspecified atom stereocenters. The van der Waals surface area contributed by atoms with Crippen LogP contribution in [0.3, 0.4) is 0 Å². The van der Waals surface area contributed by atoms with Crippen LogP contribution in [0.4, 0.5) is 0 Å². The molecular formula is C20H28O5. The van der Waals surface area contributed by atoms with Crippen molar-refractivity contribution in [3.63, 3.8) is 0 Å². The van der Waals surface area contributed by atoms with E-state index < -0.39 is 39.8 Å². The average molecular weight is 348 g/mol. The van der Waals surface area contributed by atoms with Gasteiger partial charge in [-0.25, -0.2) is 0 Å². The van der Waals surface area contributed by atoms with Gasteiger partial charge in [0.1, 0.15) is 0 Å². The molecule has 0 heterocycles. The van der Waals surface area contributed by atoms with Crippen LogP contribution in [0.15, 0.2) is 12.2 Å². The Labute approximate surface area is 148 Å². The Morgan fingerprint density at radius 2 is 1.88 bits per heavy atom. The van der Waals surface area contributed by atoms with Crippen molar-refractivity contribution in [1.82, 2.24) is 0 Å². The summed E-state index contributed by atoms with van der Waals surface area (Å²) >= 11 is 0. The summed E-state index contributed by atoms with van der Waals surface area (Å²) in [6, 6.07) is 0. The first-order valence-corrected chi connectivity index (χ1v) is 9.41. The van der Waals surface area contributed by atoms with Gasteiger partial charge in [-0.05, 0) is 56.9 Å². The second kappa shape index (κ2) is 4.74. The molecule has 0 radical (unpaired) electrons. The Morgan fingerprint density at radius 1 is 1.20 bits per heavy atom. The number of Topliss-reactive ketones (excluding diaryl/α,β-unsaturated/α-hetero) is 1. The van der Waals surface area contributed by atoms with Gasteiger partial charge in [-0.1, -0.05) is 19.9 Å². The zero-order valence-electron chi connectivity index (χ0n) is 15.0. The molecule has 4 fully saturated rings. The Hall–Kier alpha value is -1.20. The van der Waals surface area contributed by atoms with Crippen molar-refractivity contribution in [3.05, 3.63) is 12.2 Å². The van der Waals surface area contributed by atoms with Gasteiger partial charge in [0.15, 0.2) is 5.78 Å². The van der Waals surface area contributed by atoms with E-state index in [2.05, 4.69) is 6.58 Å². The number of hydrogen-bond acceptors (Lipinski definition) is 4. The minimum absolute atomic E-state index is 0.0922. The Kier molecular flexibility index (Phi) is 3.27. The van der Waals surface area contributed by atoms with Crippen molar-refractivity contribution in [2.24, 2.45) is 28.1 Å². The number of aliphatic hydroxyl groups excluding tert-OH is 1. The lowest BCUT2D eigenvalue weighted by Gasteiger charge is -2.67. The molecule has 2 bridgehead atoms. The van der Waals surface area contributed by atoms with E-state index >= 15 is 0 Å². The molecule has 0 aromatic heterocycles. The van der Waals surface area contributed by atoms with E-state index in [-0.39, 0.29) is 18.1 Å². The van der Waals surface area contributed by atoms with E-state index in [1.165, 1.54) is 0 Å². The molecule has 0 amide bonds. The van der Waals surface area contributed by atoms with E-state index in [9.17, 15) is 24.9 Å². The molecule has 0 aromatic rings. The molecule has 1 spiro atoms. The third-order valence-electron chi connectivity index (χ3n) is 8.60. The molecule has 0 saturated heterocycles. The molecule has 5 heteroatoms. The van der Waals surface area contributed by atoms with E-state index in [0.29, 0.717) is 44.1 Å². The summed E-state index contributed by atoms with van der Waals surface area (Å²) in [4.78, 5) is 25.2. The number of aliphatic hydroxyl groups is 2. The summed E-state index contributed by atoms with van der Waals surface area (Å²) in [6.45, 7) is 7.58. The summed E-state index contributed by atoms with van der Waals surface area (Å²) in [5.74, 6) is -1.48. The van der Waals surface area contributed by atoms with Crippen molar-refractivity contribution in [2.75, 3.05) is 0 Å². The lowest BCUT2D eigenvalue weighted by atomic mass is 9.38. The van der Waals surface area contributed by atoms with Gasteiger partial charge in [-0.3, -0.25) is 9.59 Å². The van der Waals surface area contributed by atoms with Crippen LogP contribution in [0.25, 0.3) is 0 Å². The maximum absolute atomic E-state index is 13.1. The number of fused-ring (bicyclic) bond motifs is 3. The SMILES string of the molecule is C=C1C(=O)[C@]23C[C@H]1CC[C@@]2(O)[C@]1(C)CCC[C@@](C)(C(=O)O)[C@H]1[C@H](O)C3. The molecule has 7 atom stereocenters. The maximum Gasteiger partial charge on any atom is 0.309 e. The minimum Gasteiger partial charge on any atom is -0.481 e. The summed E-state index contributed by atoms with van der Waals surface area (Å²) in [5, 5.41) is 32.9. The van der Waals surface area contributed by atoms with Crippen LogP contribution >= 0.6 is 0 Å². The Morgan fingerprint density at radius 3 is 2.52 bits per heavy atom. The van der Waals surface area contributed by atoms with E-state index in [4.69, 9.17) is 0 Å². The van der Waals surface area contributed by atoms with Gasteiger partial charge in [0, 0.05) is 11.3 Å². The highest BCUT2D eigenvalue weighted by Crippen LogP contribution is 2.72. The summed E-state index contributed by atoms with van der Waals surface area (Å²) in [7, 11) is 0. The fourth-order valence-corrected chi connectivity index (χ4v) is 7.43. The average Bonchev–Trinajstić information content (AvgIpc) is 2.73. The van der Waals surface area contributed by atoms with Crippen molar-refractivity contribution in [1.29, 1.82) is 0 Å². The number of aliphatic carboxylic acids is 1. The topological polar surface area (TPSA) is 94.8 Å². The van der Waals surface area contributed by atoms with Crippen LogP contribution in [0.5, 0.6) is 0 Å². The van der Waals surface area contributed by atoms with Crippen molar-refractivity contribution in [3.8, 4) is 0 Å². The van der Waals surface area contributed by atoms with E-state index in [1.807, 2.05) is 6.92 Å². The zero-order valence-corrected chi connectivity index (χ0v) is 15.0. The number of carboxylic acid groups (broad SMARTS) is 1. The summed E-state index contributed by atoms with van der Waals surface area (Å²) in [6.07, 6.45) is 2.81. The normalized spacial score (nSPS) is 54.8. The van der Waals surface area contributed by atoms with Crippen LogP contribution in [-0.2, 0) is 9.59 Å². The van der Waals surface area contributed by atoms with Gasteiger partial charge < -0.3 is 15.3 Å². The van der Waals surface area contributed by atoms with Gasteiger partial charge >= 0.3 is 5.97 Å². The van der Waals surface area contributed by atoms with Gasteiger partial charge in [0.05, 0.1) is 22.5 Å². The highest BCUT2D eigenvalue weighted by atomic mass is 16.4. The molecule has 138 valence electrons. The molecular weight excluding hydrogens is 320 g/mol. The standard InChI is InChI=1S/C20H28O5/c1-11-12-5-8-20(25)18(3)7-4-6-17(2,16(23)24)14(18)13(21)10-19(20,9-12)15(11)22/h12-14,21,25H,1,4-10H2,2-3H3,(H,23,24)/t12-,13-,14-,17-,18-,19-,20-/m1/s1. The summed E-state index contributed by atoms with van der Waals surface area (Å²) < 4.78 is 0. The highest BCUT2D eigenvalue weighted by Gasteiger charge is 2.77. The molecule has 3 N–H and O–H groups in total. The maximum atomic E-state index is 13.1. The van der Waals surface area contributed by atoms with Crippen LogP contribution in [0.2, 0.25) is 0 Å². The zero-order chi connectivity index (χ0) is 18.4. The predicted molar refractivity (Wildman–Crippen MR) is 90.7 cm³/mol. The third kappa shape index (κ3) is 1.67. The number of carbonyl (C=O) groups is 2. The van der Waals surface area contributed by atoms with E-state index in [1.54, 1.807) is 6.92 Å². The minimum atomic E-state index is -1.27. The second-order valence-electron chi connectivity index (χ2n) is 9.48.